The lowest BCUT2D eigenvalue weighted by atomic mass is 10.1. The number of rotatable bonds is 4. The van der Waals surface area contributed by atoms with Crippen molar-refractivity contribution >= 4 is 40.4 Å². The molecule has 1 unspecified atom stereocenters. The van der Waals surface area contributed by atoms with Crippen molar-refractivity contribution in [3.63, 3.8) is 0 Å². The van der Waals surface area contributed by atoms with Gasteiger partial charge in [-0.2, -0.15) is 11.3 Å². The van der Waals surface area contributed by atoms with Crippen LogP contribution in [0.3, 0.4) is 0 Å². The smallest absolute Gasteiger partial charge is 0.224 e. The molecule has 0 saturated carbocycles. The van der Waals surface area contributed by atoms with E-state index in [9.17, 15) is 4.79 Å². The maximum absolute atomic E-state index is 11.9. The first-order valence-electron chi connectivity index (χ1n) is 5.81. The van der Waals surface area contributed by atoms with Crippen LogP contribution in [0, 0.1) is 0 Å². The van der Waals surface area contributed by atoms with Crippen LogP contribution in [0.25, 0.3) is 0 Å². The largest absolute Gasteiger partial charge is 0.349 e. The third-order valence-corrected chi connectivity index (χ3v) is 4.24. The van der Waals surface area contributed by atoms with Crippen molar-refractivity contribution in [2.75, 3.05) is 0 Å². The van der Waals surface area contributed by atoms with Crippen molar-refractivity contribution in [1.82, 2.24) is 5.32 Å². The standard InChI is InChI=1S/C14H13Cl2NOS/c1-9(11-2-3-12(15)13(16)7-11)17-14(18)6-10-4-5-19-8-10/h2-5,7-9H,6H2,1H3,(H,17,18). The van der Waals surface area contributed by atoms with Gasteiger partial charge < -0.3 is 5.32 Å². The van der Waals surface area contributed by atoms with E-state index in [0.717, 1.165) is 11.1 Å². The van der Waals surface area contributed by atoms with Crippen LogP contribution in [0.15, 0.2) is 35.0 Å². The Labute approximate surface area is 126 Å². The Bertz CT molecular complexity index is 569. The maximum Gasteiger partial charge on any atom is 0.224 e. The molecule has 0 aliphatic carbocycles. The summed E-state index contributed by atoms with van der Waals surface area (Å²) in [4.78, 5) is 11.9. The van der Waals surface area contributed by atoms with Gasteiger partial charge in [-0.3, -0.25) is 4.79 Å². The Hall–Kier alpha value is -1.03. The number of hydrogen-bond donors (Lipinski definition) is 1. The fourth-order valence-corrected chi connectivity index (χ4v) is 2.71. The molecule has 0 radical (unpaired) electrons. The topological polar surface area (TPSA) is 29.1 Å². The molecule has 0 aliphatic rings. The van der Waals surface area contributed by atoms with Crippen molar-refractivity contribution in [2.45, 2.75) is 19.4 Å². The average Bonchev–Trinajstić information content (AvgIpc) is 2.85. The maximum atomic E-state index is 11.9. The second-order valence-corrected chi connectivity index (χ2v) is 5.87. The molecule has 1 aromatic carbocycles. The van der Waals surface area contributed by atoms with E-state index >= 15 is 0 Å². The molecule has 0 saturated heterocycles. The van der Waals surface area contributed by atoms with Gasteiger partial charge in [0, 0.05) is 0 Å². The van der Waals surface area contributed by atoms with Crippen LogP contribution in [-0.4, -0.2) is 5.91 Å². The molecular formula is C14H13Cl2NOS. The summed E-state index contributed by atoms with van der Waals surface area (Å²) in [6, 6.07) is 7.23. The van der Waals surface area contributed by atoms with Crippen molar-refractivity contribution < 1.29 is 4.79 Å². The number of nitrogens with one attached hydrogen (secondary N) is 1. The SMILES string of the molecule is CC(NC(=O)Cc1ccsc1)c1ccc(Cl)c(Cl)c1. The highest BCUT2D eigenvalue weighted by Crippen LogP contribution is 2.25. The van der Waals surface area contributed by atoms with E-state index in [1.54, 1.807) is 23.5 Å². The molecule has 2 nitrogen and oxygen atoms in total. The zero-order valence-electron chi connectivity index (χ0n) is 10.3. The van der Waals surface area contributed by atoms with Crippen LogP contribution in [0.2, 0.25) is 10.0 Å². The minimum absolute atomic E-state index is 0.00280. The zero-order chi connectivity index (χ0) is 13.8. The number of carbonyl (C=O) groups excluding carboxylic acids is 1. The Morgan fingerprint density at radius 3 is 2.74 bits per heavy atom. The number of amides is 1. The minimum atomic E-state index is -0.0964. The Morgan fingerprint density at radius 1 is 1.32 bits per heavy atom. The molecule has 100 valence electrons. The number of thiophene rings is 1. The lowest BCUT2D eigenvalue weighted by Gasteiger charge is -2.14. The van der Waals surface area contributed by atoms with Gasteiger partial charge in [-0.1, -0.05) is 29.3 Å². The van der Waals surface area contributed by atoms with E-state index in [1.165, 1.54) is 0 Å². The summed E-state index contributed by atoms with van der Waals surface area (Å²) >= 11 is 13.4. The highest BCUT2D eigenvalue weighted by atomic mass is 35.5. The molecule has 1 N–H and O–H groups in total. The van der Waals surface area contributed by atoms with Gasteiger partial charge in [0.25, 0.3) is 0 Å². The fraction of sp³-hybridized carbons (Fsp3) is 0.214. The van der Waals surface area contributed by atoms with Crippen LogP contribution in [0.5, 0.6) is 0 Å². The summed E-state index contributed by atoms with van der Waals surface area (Å²) < 4.78 is 0. The number of carbonyl (C=O) groups is 1. The zero-order valence-corrected chi connectivity index (χ0v) is 12.6. The quantitative estimate of drug-likeness (QED) is 0.886. The third kappa shape index (κ3) is 3.96. The Morgan fingerprint density at radius 2 is 2.11 bits per heavy atom. The normalized spacial score (nSPS) is 12.2. The summed E-state index contributed by atoms with van der Waals surface area (Å²) in [5.41, 5.74) is 1.97. The first-order valence-corrected chi connectivity index (χ1v) is 7.51. The molecule has 2 aromatic rings. The highest BCUT2D eigenvalue weighted by Gasteiger charge is 2.11. The van der Waals surface area contributed by atoms with Crippen LogP contribution in [0.1, 0.15) is 24.1 Å². The van der Waals surface area contributed by atoms with Gasteiger partial charge >= 0.3 is 0 Å². The predicted molar refractivity (Wildman–Crippen MR) is 81.0 cm³/mol. The molecule has 0 bridgehead atoms. The van der Waals surface area contributed by atoms with Gasteiger partial charge in [0.15, 0.2) is 0 Å². The number of hydrogen-bond acceptors (Lipinski definition) is 2. The molecule has 1 atom stereocenters. The van der Waals surface area contributed by atoms with Crippen LogP contribution in [-0.2, 0) is 11.2 Å². The van der Waals surface area contributed by atoms with E-state index in [4.69, 9.17) is 23.2 Å². The first kappa shape index (κ1) is 14.4. The average molecular weight is 314 g/mol. The first-order chi connectivity index (χ1) is 9.06. The monoisotopic (exact) mass is 313 g/mol. The van der Waals surface area contributed by atoms with Gasteiger partial charge in [0.05, 0.1) is 22.5 Å². The van der Waals surface area contributed by atoms with Gasteiger partial charge in [0.2, 0.25) is 5.91 Å². The molecule has 0 spiro atoms. The molecule has 2 rings (SSSR count). The van der Waals surface area contributed by atoms with Crippen molar-refractivity contribution in [3.05, 3.63) is 56.2 Å². The van der Waals surface area contributed by atoms with E-state index in [0.29, 0.717) is 16.5 Å². The summed E-state index contributed by atoms with van der Waals surface area (Å²) in [5, 5.41) is 7.90. The molecule has 1 aromatic heterocycles. The Kier molecular flexibility index (Phi) is 4.86. The van der Waals surface area contributed by atoms with E-state index in [2.05, 4.69) is 5.32 Å². The third-order valence-electron chi connectivity index (χ3n) is 2.77. The van der Waals surface area contributed by atoms with E-state index in [-0.39, 0.29) is 11.9 Å². The fourth-order valence-electron chi connectivity index (χ4n) is 1.74. The van der Waals surface area contributed by atoms with Gasteiger partial charge in [-0.15, -0.1) is 0 Å². The number of benzene rings is 1. The van der Waals surface area contributed by atoms with Crippen molar-refractivity contribution in [2.24, 2.45) is 0 Å². The van der Waals surface area contributed by atoms with Gasteiger partial charge in [-0.25, -0.2) is 0 Å². The summed E-state index contributed by atoms with van der Waals surface area (Å²) in [6.07, 6.45) is 0.398. The molecule has 0 fully saturated rings. The van der Waals surface area contributed by atoms with E-state index < -0.39 is 0 Å². The van der Waals surface area contributed by atoms with Crippen molar-refractivity contribution in [3.8, 4) is 0 Å². The Balaban J connectivity index is 1.98. The van der Waals surface area contributed by atoms with Crippen LogP contribution < -0.4 is 5.32 Å². The summed E-state index contributed by atoms with van der Waals surface area (Å²) in [7, 11) is 0. The second kappa shape index (κ2) is 6.42. The highest BCUT2D eigenvalue weighted by molar-refractivity contribution is 7.08. The molecule has 0 aliphatic heterocycles. The predicted octanol–water partition coefficient (Wildman–Crippen LogP) is 4.47. The van der Waals surface area contributed by atoms with Crippen molar-refractivity contribution in [1.29, 1.82) is 0 Å². The molecule has 1 heterocycles. The van der Waals surface area contributed by atoms with E-state index in [1.807, 2.05) is 29.8 Å². The lowest BCUT2D eigenvalue weighted by Crippen LogP contribution is -2.27. The second-order valence-electron chi connectivity index (χ2n) is 4.27. The lowest BCUT2D eigenvalue weighted by molar-refractivity contribution is -0.121. The van der Waals surface area contributed by atoms with Crippen LogP contribution >= 0.6 is 34.5 Å². The molecule has 19 heavy (non-hydrogen) atoms. The molecular weight excluding hydrogens is 301 g/mol. The molecule has 5 heteroatoms. The van der Waals surface area contributed by atoms with Gasteiger partial charge in [-0.05, 0) is 47.0 Å². The molecule has 1 amide bonds. The number of halogens is 2. The van der Waals surface area contributed by atoms with Crippen LogP contribution in [0.4, 0.5) is 0 Å². The minimum Gasteiger partial charge on any atom is -0.349 e. The summed E-state index contributed by atoms with van der Waals surface area (Å²) in [5.74, 6) is -0.00280. The van der Waals surface area contributed by atoms with Gasteiger partial charge in [0.1, 0.15) is 0 Å². The summed E-state index contributed by atoms with van der Waals surface area (Å²) in [6.45, 7) is 1.92.